The van der Waals surface area contributed by atoms with E-state index in [1.807, 2.05) is 0 Å². The van der Waals surface area contributed by atoms with Gasteiger partial charge in [-0.15, -0.1) is 0 Å². The van der Waals surface area contributed by atoms with Gasteiger partial charge in [0.05, 0.1) is 28.3 Å². The minimum absolute atomic E-state index is 0.0589. The van der Waals surface area contributed by atoms with Crippen LogP contribution in [0.15, 0.2) is 53.5 Å². The van der Waals surface area contributed by atoms with Gasteiger partial charge in [-0.1, -0.05) is 30.3 Å². The van der Waals surface area contributed by atoms with Crippen molar-refractivity contribution < 1.29 is 22.8 Å². The third-order valence-corrected chi connectivity index (χ3v) is 5.68. The number of rotatable bonds is 4. The molecule has 2 aromatic heterocycles. The fraction of sp³-hybridized carbons (Fsp3) is 0.217. The Morgan fingerprint density at radius 2 is 1.88 bits per heavy atom. The van der Waals surface area contributed by atoms with Gasteiger partial charge in [0, 0.05) is 16.9 Å². The van der Waals surface area contributed by atoms with Crippen LogP contribution in [-0.2, 0) is 11.3 Å². The van der Waals surface area contributed by atoms with E-state index in [2.05, 4.69) is 20.8 Å². The largest absolute Gasteiger partial charge is 0.406 e. The molecule has 4 aromatic rings. The fourth-order valence-electron chi connectivity index (χ4n) is 3.94. The molecule has 0 saturated heterocycles. The van der Waals surface area contributed by atoms with Crippen LogP contribution in [-0.4, -0.2) is 32.9 Å². The van der Waals surface area contributed by atoms with Crippen molar-refractivity contribution in [1.82, 2.24) is 20.1 Å². The highest BCUT2D eigenvalue weighted by molar-refractivity contribution is 6.06. The van der Waals surface area contributed by atoms with Crippen LogP contribution in [0.5, 0.6) is 0 Å². The topological polar surface area (TPSA) is 109 Å². The molecule has 3 N–H and O–H groups in total. The van der Waals surface area contributed by atoms with Crippen molar-refractivity contribution in [2.75, 3.05) is 5.32 Å². The molecule has 0 radical (unpaired) electrons. The number of pyridine rings is 1. The Morgan fingerprint density at radius 1 is 1.12 bits per heavy atom. The molecule has 2 aromatic carbocycles. The minimum atomic E-state index is -4.62. The van der Waals surface area contributed by atoms with E-state index in [1.165, 1.54) is 12.3 Å². The monoisotopic (exact) mass is 469 g/mol. The Bertz CT molecular complexity index is 1500. The Kier molecular flexibility index (Phi) is 5.11. The smallest absolute Gasteiger partial charge is 0.307 e. The summed E-state index contributed by atoms with van der Waals surface area (Å²) < 4.78 is 40.6. The van der Waals surface area contributed by atoms with Gasteiger partial charge in [-0.25, -0.2) is 4.79 Å². The number of fused-ring (bicyclic) bond motifs is 3. The lowest BCUT2D eigenvalue weighted by Crippen LogP contribution is -2.35. The number of hydrogen-bond acceptors (Lipinski definition) is 4. The molecule has 8 nitrogen and oxygen atoms in total. The third kappa shape index (κ3) is 4.12. The van der Waals surface area contributed by atoms with Crippen LogP contribution in [0.1, 0.15) is 12.8 Å². The van der Waals surface area contributed by atoms with Gasteiger partial charge in [0.2, 0.25) is 5.91 Å². The number of halogens is 3. The Morgan fingerprint density at radius 3 is 2.62 bits per heavy atom. The second kappa shape index (κ2) is 8.01. The van der Waals surface area contributed by atoms with Crippen molar-refractivity contribution in [3.63, 3.8) is 0 Å². The van der Waals surface area contributed by atoms with E-state index >= 15 is 0 Å². The second-order valence-electron chi connectivity index (χ2n) is 8.16. The highest BCUT2D eigenvalue weighted by Gasteiger charge is 2.31. The molecule has 1 aliphatic carbocycles. The lowest BCUT2D eigenvalue weighted by Gasteiger charge is -2.16. The van der Waals surface area contributed by atoms with Gasteiger partial charge in [-0.3, -0.25) is 24.6 Å². The van der Waals surface area contributed by atoms with Crippen LogP contribution in [0.25, 0.3) is 32.9 Å². The van der Waals surface area contributed by atoms with Gasteiger partial charge in [0.1, 0.15) is 6.54 Å². The maximum absolute atomic E-state index is 13.3. The SMILES string of the molecule is O=C(NC(=O)C1CC1)Nc1ccccc1-c1ccc2c3[nH]ncc3c(=O)n(CC(F)(F)F)c2c1. The maximum Gasteiger partial charge on any atom is 0.406 e. The first-order valence-electron chi connectivity index (χ1n) is 10.5. The summed E-state index contributed by atoms with van der Waals surface area (Å²) in [6.45, 7) is -1.46. The molecule has 174 valence electrons. The molecule has 1 fully saturated rings. The maximum atomic E-state index is 13.3. The number of imide groups is 1. The number of carbonyl (C=O) groups is 2. The summed E-state index contributed by atoms with van der Waals surface area (Å²) in [6.07, 6.45) is -1.92. The van der Waals surface area contributed by atoms with E-state index in [0.29, 0.717) is 32.3 Å². The third-order valence-electron chi connectivity index (χ3n) is 5.68. The summed E-state index contributed by atoms with van der Waals surface area (Å²) in [5, 5.41) is 11.9. The molecule has 1 aliphatic rings. The van der Waals surface area contributed by atoms with Gasteiger partial charge < -0.3 is 5.32 Å². The molecule has 0 bridgehead atoms. The standard InChI is InChI=1S/C23H18F3N5O3/c24-23(25,26)11-31-18-9-13(7-8-15(18)19-16(21(31)33)10-27-30-19)14-3-1-2-4-17(14)28-22(34)29-20(32)12-5-6-12/h1-4,7-10,12H,5-6,11H2,(H,27,30)(H2,28,29,32,34). The summed E-state index contributed by atoms with van der Waals surface area (Å²) in [5.41, 5.74) is 0.944. The predicted molar refractivity (Wildman–Crippen MR) is 119 cm³/mol. The molecule has 0 aliphatic heterocycles. The summed E-state index contributed by atoms with van der Waals surface area (Å²) in [4.78, 5) is 37.0. The van der Waals surface area contributed by atoms with Crippen molar-refractivity contribution in [3.8, 4) is 11.1 Å². The summed E-state index contributed by atoms with van der Waals surface area (Å²) in [7, 11) is 0. The van der Waals surface area contributed by atoms with Crippen LogP contribution in [0.2, 0.25) is 0 Å². The molecule has 0 unspecified atom stereocenters. The van der Waals surface area contributed by atoms with E-state index in [-0.39, 0.29) is 22.7 Å². The average Bonchev–Trinajstić information content (AvgIpc) is 3.52. The lowest BCUT2D eigenvalue weighted by molar-refractivity contribution is -0.140. The number of nitrogens with zero attached hydrogens (tertiary/aromatic N) is 2. The van der Waals surface area contributed by atoms with Crippen LogP contribution >= 0.6 is 0 Å². The first-order chi connectivity index (χ1) is 16.2. The number of urea groups is 1. The Balaban J connectivity index is 1.59. The zero-order valence-corrected chi connectivity index (χ0v) is 17.6. The summed E-state index contributed by atoms with van der Waals surface area (Å²) in [6, 6.07) is 10.7. The number of benzene rings is 2. The van der Waals surface area contributed by atoms with E-state index in [4.69, 9.17) is 0 Å². The number of anilines is 1. The van der Waals surface area contributed by atoms with Crippen molar-refractivity contribution in [3.05, 3.63) is 59.0 Å². The summed E-state index contributed by atoms with van der Waals surface area (Å²) in [5.74, 6) is -0.494. The molecule has 34 heavy (non-hydrogen) atoms. The molecule has 0 atom stereocenters. The van der Waals surface area contributed by atoms with Crippen molar-refractivity contribution in [1.29, 1.82) is 0 Å². The van der Waals surface area contributed by atoms with Crippen LogP contribution in [0.3, 0.4) is 0 Å². The lowest BCUT2D eigenvalue weighted by atomic mass is 10.0. The van der Waals surface area contributed by atoms with E-state index in [0.717, 1.165) is 12.8 Å². The van der Waals surface area contributed by atoms with Gasteiger partial charge in [-0.2, -0.15) is 18.3 Å². The minimum Gasteiger partial charge on any atom is -0.307 e. The normalized spacial score (nSPS) is 13.9. The van der Waals surface area contributed by atoms with Crippen molar-refractivity contribution in [2.24, 2.45) is 5.92 Å². The first kappa shape index (κ1) is 21.7. The van der Waals surface area contributed by atoms with Crippen LogP contribution in [0, 0.1) is 5.92 Å². The first-order valence-corrected chi connectivity index (χ1v) is 10.5. The number of alkyl halides is 3. The van der Waals surface area contributed by atoms with Crippen LogP contribution < -0.4 is 16.2 Å². The van der Waals surface area contributed by atoms with Gasteiger partial charge in [0.25, 0.3) is 5.56 Å². The Labute approximate surface area is 189 Å². The molecule has 5 rings (SSSR count). The zero-order valence-electron chi connectivity index (χ0n) is 17.6. The van der Waals surface area contributed by atoms with Crippen LogP contribution in [0.4, 0.5) is 23.7 Å². The van der Waals surface area contributed by atoms with E-state index in [9.17, 15) is 27.6 Å². The van der Waals surface area contributed by atoms with Gasteiger partial charge in [0.15, 0.2) is 0 Å². The van der Waals surface area contributed by atoms with Gasteiger partial charge >= 0.3 is 12.2 Å². The number of hydrogen-bond donors (Lipinski definition) is 3. The number of aromatic nitrogens is 3. The van der Waals surface area contributed by atoms with Gasteiger partial charge in [-0.05, 0) is 30.5 Å². The number of aromatic amines is 1. The highest BCUT2D eigenvalue weighted by atomic mass is 19.4. The molecule has 11 heteroatoms. The predicted octanol–water partition coefficient (Wildman–Crippen LogP) is 4.17. The molecule has 3 amide bonds. The molecular formula is C23H18F3N5O3. The molecule has 1 saturated carbocycles. The molecular weight excluding hydrogens is 451 g/mol. The van der Waals surface area contributed by atoms with E-state index < -0.39 is 24.3 Å². The van der Waals surface area contributed by atoms with Crippen molar-refractivity contribution in [2.45, 2.75) is 25.6 Å². The fourth-order valence-corrected chi connectivity index (χ4v) is 3.94. The number of para-hydroxylation sites is 1. The molecule has 0 spiro atoms. The second-order valence-corrected chi connectivity index (χ2v) is 8.16. The summed E-state index contributed by atoms with van der Waals surface area (Å²) >= 11 is 0. The average molecular weight is 469 g/mol. The van der Waals surface area contributed by atoms with Crippen molar-refractivity contribution >= 4 is 39.4 Å². The number of nitrogens with one attached hydrogen (secondary N) is 3. The number of H-pyrrole nitrogens is 1. The molecule has 2 heterocycles. The van der Waals surface area contributed by atoms with E-state index in [1.54, 1.807) is 36.4 Å². The highest BCUT2D eigenvalue weighted by Crippen LogP contribution is 2.33. The number of amides is 3. The quantitative estimate of drug-likeness (QED) is 0.417. The number of carbonyl (C=O) groups excluding carboxylic acids is 2. The zero-order chi connectivity index (χ0) is 24.0. The Hall–Kier alpha value is -4.15.